The number of nitrogens with zero attached hydrogens (tertiary/aromatic N) is 2. The van der Waals surface area contributed by atoms with Gasteiger partial charge in [0.1, 0.15) is 5.82 Å². The van der Waals surface area contributed by atoms with Crippen LogP contribution in [0, 0.1) is 0 Å². The molecular formula is C37H30N2. The maximum absolute atomic E-state index is 5.38. The van der Waals surface area contributed by atoms with E-state index in [0.29, 0.717) is 0 Å². The molecule has 0 amide bonds. The zero-order valence-corrected chi connectivity index (χ0v) is 22.5. The average Bonchev–Trinajstić information content (AvgIpc) is 3.39. The molecule has 0 aliphatic carbocycles. The summed E-state index contributed by atoms with van der Waals surface area (Å²) in [5.74, 6) is 0.950. The molecule has 1 heterocycles. The highest BCUT2D eigenvalue weighted by atomic mass is 15.1. The first-order valence-electron chi connectivity index (χ1n) is 13.6. The molecule has 7 aromatic rings. The first kappa shape index (κ1) is 23.4. The largest absolute Gasteiger partial charge is 0.292 e. The highest BCUT2D eigenvalue weighted by molar-refractivity contribution is 6.24. The number of hydrogen-bond donors (Lipinski definition) is 0. The van der Waals surface area contributed by atoms with Crippen molar-refractivity contribution in [2.45, 2.75) is 26.2 Å². The van der Waals surface area contributed by atoms with Crippen molar-refractivity contribution >= 4 is 32.6 Å². The van der Waals surface area contributed by atoms with E-state index in [1.807, 2.05) is 0 Å². The molecule has 0 saturated carbocycles. The van der Waals surface area contributed by atoms with Gasteiger partial charge in [-0.25, -0.2) is 4.98 Å². The van der Waals surface area contributed by atoms with Crippen LogP contribution < -0.4 is 0 Å². The maximum atomic E-state index is 5.38. The van der Waals surface area contributed by atoms with E-state index in [-0.39, 0.29) is 5.41 Å². The van der Waals surface area contributed by atoms with E-state index in [9.17, 15) is 0 Å². The standard InChI is InChI=1S/C37H30N2/c1-37(2,3)28-22-20-25(21-23-28)26-12-11-13-27(24-26)36-38-34-32-18-9-7-16-30(32)31-17-8-10-19-33(31)35(34)39(36)29-14-5-4-6-15-29/h4-24H,1-3H3. The third kappa shape index (κ3) is 3.92. The topological polar surface area (TPSA) is 17.8 Å². The van der Waals surface area contributed by atoms with E-state index in [4.69, 9.17) is 4.98 Å². The molecule has 0 aliphatic heterocycles. The van der Waals surface area contributed by atoms with Crippen molar-refractivity contribution < 1.29 is 0 Å². The van der Waals surface area contributed by atoms with Crippen molar-refractivity contribution in [3.63, 3.8) is 0 Å². The molecule has 2 nitrogen and oxygen atoms in total. The van der Waals surface area contributed by atoms with Gasteiger partial charge in [-0.15, -0.1) is 0 Å². The summed E-state index contributed by atoms with van der Waals surface area (Å²) in [6, 6.07) is 45.7. The van der Waals surface area contributed by atoms with E-state index in [1.54, 1.807) is 0 Å². The Hall–Kier alpha value is -4.69. The van der Waals surface area contributed by atoms with Crippen LogP contribution in [0.15, 0.2) is 127 Å². The minimum Gasteiger partial charge on any atom is -0.292 e. The zero-order valence-electron chi connectivity index (χ0n) is 22.5. The van der Waals surface area contributed by atoms with Gasteiger partial charge < -0.3 is 0 Å². The lowest BCUT2D eigenvalue weighted by atomic mass is 9.86. The van der Waals surface area contributed by atoms with E-state index in [2.05, 4.69) is 153 Å². The third-order valence-electron chi connectivity index (χ3n) is 7.75. The van der Waals surface area contributed by atoms with Gasteiger partial charge in [-0.05, 0) is 51.1 Å². The van der Waals surface area contributed by atoms with Crippen molar-refractivity contribution in [3.8, 4) is 28.2 Å². The number of aromatic nitrogens is 2. The second-order valence-corrected chi connectivity index (χ2v) is 11.3. The van der Waals surface area contributed by atoms with Crippen LogP contribution >= 0.6 is 0 Å². The monoisotopic (exact) mass is 502 g/mol. The van der Waals surface area contributed by atoms with Gasteiger partial charge >= 0.3 is 0 Å². The van der Waals surface area contributed by atoms with Crippen molar-refractivity contribution in [1.82, 2.24) is 9.55 Å². The zero-order chi connectivity index (χ0) is 26.6. The van der Waals surface area contributed by atoms with E-state index >= 15 is 0 Å². The predicted octanol–water partition coefficient (Wildman–Crippen LogP) is 9.96. The fourth-order valence-electron chi connectivity index (χ4n) is 5.73. The van der Waals surface area contributed by atoms with Gasteiger partial charge in [0, 0.05) is 22.0 Å². The Balaban J connectivity index is 1.52. The summed E-state index contributed by atoms with van der Waals surface area (Å²) in [6.45, 7) is 6.76. The fraction of sp³-hybridized carbons (Fsp3) is 0.108. The lowest BCUT2D eigenvalue weighted by Crippen LogP contribution is -2.10. The molecule has 0 fully saturated rings. The second-order valence-electron chi connectivity index (χ2n) is 11.3. The van der Waals surface area contributed by atoms with E-state index in [0.717, 1.165) is 28.1 Å². The molecule has 0 spiro atoms. The average molecular weight is 503 g/mol. The summed E-state index contributed by atoms with van der Waals surface area (Å²) in [6.07, 6.45) is 0. The van der Waals surface area contributed by atoms with Crippen LogP contribution in [0.4, 0.5) is 0 Å². The molecule has 0 bridgehead atoms. The van der Waals surface area contributed by atoms with Gasteiger partial charge in [0.2, 0.25) is 0 Å². The molecule has 0 aliphatic rings. The van der Waals surface area contributed by atoms with Crippen LogP contribution in [0.1, 0.15) is 26.3 Å². The Bertz CT molecular complexity index is 1970. The molecule has 2 heteroatoms. The molecule has 188 valence electrons. The molecule has 39 heavy (non-hydrogen) atoms. The maximum Gasteiger partial charge on any atom is 0.145 e. The van der Waals surface area contributed by atoms with Crippen LogP contribution in [-0.4, -0.2) is 9.55 Å². The third-order valence-corrected chi connectivity index (χ3v) is 7.75. The first-order chi connectivity index (χ1) is 19.0. The number of fused-ring (bicyclic) bond motifs is 6. The summed E-state index contributed by atoms with van der Waals surface area (Å²) in [4.78, 5) is 5.38. The van der Waals surface area contributed by atoms with Gasteiger partial charge in [-0.3, -0.25) is 4.57 Å². The van der Waals surface area contributed by atoms with Crippen molar-refractivity contribution in [1.29, 1.82) is 0 Å². The van der Waals surface area contributed by atoms with Gasteiger partial charge in [0.15, 0.2) is 0 Å². The first-order valence-corrected chi connectivity index (χ1v) is 13.6. The lowest BCUT2D eigenvalue weighted by Gasteiger charge is -2.19. The molecule has 0 unspecified atom stereocenters. The summed E-state index contributed by atoms with van der Waals surface area (Å²) < 4.78 is 2.34. The van der Waals surface area contributed by atoms with Crippen LogP contribution in [0.2, 0.25) is 0 Å². The smallest absolute Gasteiger partial charge is 0.145 e. The van der Waals surface area contributed by atoms with E-state index in [1.165, 1.54) is 38.2 Å². The fourth-order valence-corrected chi connectivity index (χ4v) is 5.73. The molecule has 7 rings (SSSR count). The van der Waals surface area contributed by atoms with Crippen LogP contribution in [0.5, 0.6) is 0 Å². The lowest BCUT2D eigenvalue weighted by molar-refractivity contribution is 0.590. The number of hydrogen-bond acceptors (Lipinski definition) is 1. The minimum absolute atomic E-state index is 0.131. The number of rotatable bonds is 3. The van der Waals surface area contributed by atoms with Crippen LogP contribution in [0.25, 0.3) is 60.8 Å². The second kappa shape index (κ2) is 8.96. The van der Waals surface area contributed by atoms with Gasteiger partial charge in [0.05, 0.1) is 11.0 Å². The molecule has 0 saturated heterocycles. The highest BCUT2D eigenvalue weighted by Crippen LogP contribution is 2.39. The van der Waals surface area contributed by atoms with Crippen molar-refractivity contribution in [2.24, 2.45) is 0 Å². The van der Waals surface area contributed by atoms with Gasteiger partial charge in [-0.2, -0.15) is 0 Å². The Labute approximate surface area is 229 Å². The molecular weight excluding hydrogens is 472 g/mol. The molecule has 1 aromatic heterocycles. The Morgan fingerprint density at radius 3 is 1.79 bits per heavy atom. The van der Waals surface area contributed by atoms with Crippen molar-refractivity contribution in [2.75, 3.05) is 0 Å². The van der Waals surface area contributed by atoms with Crippen LogP contribution in [-0.2, 0) is 5.41 Å². The number of imidazole rings is 1. The summed E-state index contributed by atoms with van der Waals surface area (Å²) in [5, 5.41) is 4.87. The van der Waals surface area contributed by atoms with Gasteiger partial charge in [-0.1, -0.05) is 130 Å². The summed E-state index contributed by atoms with van der Waals surface area (Å²) in [5.41, 5.74) is 8.25. The molecule has 0 N–H and O–H groups in total. The van der Waals surface area contributed by atoms with Gasteiger partial charge in [0.25, 0.3) is 0 Å². The van der Waals surface area contributed by atoms with E-state index < -0.39 is 0 Å². The summed E-state index contributed by atoms with van der Waals surface area (Å²) in [7, 11) is 0. The molecule has 0 radical (unpaired) electrons. The Morgan fingerprint density at radius 2 is 1.10 bits per heavy atom. The summed E-state index contributed by atoms with van der Waals surface area (Å²) >= 11 is 0. The quantitative estimate of drug-likeness (QED) is 0.220. The Morgan fingerprint density at radius 1 is 0.513 bits per heavy atom. The normalized spacial score (nSPS) is 12.0. The molecule has 6 aromatic carbocycles. The van der Waals surface area contributed by atoms with Crippen molar-refractivity contribution in [3.05, 3.63) is 133 Å². The molecule has 0 atom stereocenters. The Kier molecular flexibility index (Phi) is 5.38. The van der Waals surface area contributed by atoms with Crippen LogP contribution in [0.3, 0.4) is 0 Å². The number of para-hydroxylation sites is 1. The highest BCUT2D eigenvalue weighted by Gasteiger charge is 2.20. The minimum atomic E-state index is 0.131. The number of benzene rings is 6. The SMILES string of the molecule is CC(C)(C)c1ccc(-c2cccc(-c3nc4c5ccccc5c5ccccc5c4n3-c3ccccc3)c2)cc1. The predicted molar refractivity (Wildman–Crippen MR) is 166 cm³/mol.